The largest absolute Gasteiger partial charge is 0.390 e. The maximum absolute atomic E-state index is 11.7. The zero-order chi connectivity index (χ0) is 24.4. The summed E-state index contributed by atoms with van der Waals surface area (Å²) in [5.74, 6) is 3.13. The fourth-order valence-corrected chi connectivity index (χ4v) is 9.98. The molecular weight excluding hydrogens is 422 g/mol. The van der Waals surface area contributed by atoms with E-state index in [0.29, 0.717) is 29.4 Å². The van der Waals surface area contributed by atoms with Crippen LogP contribution < -0.4 is 0 Å². The van der Waals surface area contributed by atoms with Gasteiger partial charge in [0.25, 0.3) is 0 Å². The Morgan fingerprint density at radius 2 is 1.88 bits per heavy atom. The Labute approximate surface area is 205 Å². The SMILES string of the molecule is CCC[C@@]1(O)CC[C@@]2(C)[C@@H](CC[C@@H]3[C@@H]2CC[C@@]2(C)[C@H]3CC[C@@H]2[C@](C)(O)Cn2cc(C#N)cn2)C1. The summed E-state index contributed by atoms with van der Waals surface area (Å²) in [5, 5.41) is 36.4. The molecule has 9 atom stereocenters. The van der Waals surface area contributed by atoms with Gasteiger partial charge in [-0.3, -0.25) is 4.68 Å². The molecule has 5 nitrogen and oxygen atoms in total. The summed E-state index contributed by atoms with van der Waals surface area (Å²) in [5.41, 5.74) is -0.179. The lowest BCUT2D eigenvalue weighted by Gasteiger charge is -2.62. The van der Waals surface area contributed by atoms with Crippen molar-refractivity contribution in [3.8, 4) is 6.07 Å². The second kappa shape index (κ2) is 8.34. The Hall–Kier alpha value is -1.38. The van der Waals surface area contributed by atoms with Gasteiger partial charge in [0.15, 0.2) is 0 Å². The average molecular weight is 468 g/mol. The molecule has 2 N–H and O–H groups in total. The van der Waals surface area contributed by atoms with Crippen molar-refractivity contribution in [2.24, 2.45) is 40.4 Å². The van der Waals surface area contributed by atoms with E-state index in [0.717, 1.165) is 43.9 Å². The van der Waals surface area contributed by atoms with Crippen molar-refractivity contribution in [2.75, 3.05) is 0 Å². The summed E-state index contributed by atoms with van der Waals surface area (Å²) in [6, 6.07) is 2.14. The van der Waals surface area contributed by atoms with Gasteiger partial charge < -0.3 is 10.2 Å². The lowest BCUT2D eigenvalue weighted by molar-refractivity contribution is -0.163. The first-order valence-corrected chi connectivity index (χ1v) is 13.9. The van der Waals surface area contributed by atoms with E-state index in [2.05, 4.69) is 31.9 Å². The normalized spacial score (nSPS) is 45.5. The molecule has 34 heavy (non-hydrogen) atoms. The van der Waals surface area contributed by atoms with Crippen molar-refractivity contribution >= 4 is 0 Å². The number of aliphatic hydroxyl groups is 2. The second-order valence-electron chi connectivity index (χ2n) is 13.4. The second-order valence-corrected chi connectivity index (χ2v) is 13.4. The van der Waals surface area contributed by atoms with Gasteiger partial charge in [-0.15, -0.1) is 0 Å². The van der Waals surface area contributed by atoms with Crippen LogP contribution in [-0.2, 0) is 6.54 Å². The monoisotopic (exact) mass is 467 g/mol. The molecular formula is C29H45N3O2. The molecule has 0 saturated heterocycles. The van der Waals surface area contributed by atoms with Gasteiger partial charge in [0.05, 0.1) is 29.5 Å². The Kier molecular flexibility index (Phi) is 5.97. The molecule has 0 bridgehead atoms. The molecule has 4 aliphatic carbocycles. The number of nitriles is 1. The van der Waals surface area contributed by atoms with Crippen LogP contribution in [0.4, 0.5) is 0 Å². The van der Waals surface area contributed by atoms with Gasteiger partial charge in [0, 0.05) is 6.20 Å². The molecule has 0 radical (unpaired) electrons. The van der Waals surface area contributed by atoms with Crippen LogP contribution in [0.15, 0.2) is 12.4 Å². The van der Waals surface area contributed by atoms with Crippen molar-refractivity contribution in [1.29, 1.82) is 5.26 Å². The minimum Gasteiger partial charge on any atom is -0.390 e. The highest BCUT2D eigenvalue weighted by Crippen LogP contribution is 2.69. The first-order valence-electron chi connectivity index (χ1n) is 13.9. The van der Waals surface area contributed by atoms with E-state index in [-0.39, 0.29) is 11.3 Å². The Morgan fingerprint density at radius 1 is 1.12 bits per heavy atom. The van der Waals surface area contributed by atoms with E-state index in [4.69, 9.17) is 5.26 Å². The summed E-state index contributed by atoms with van der Waals surface area (Å²) >= 11 is 0. The highest BCUT2D eigenvalue weighted by molar-refractivity contribution is 5.22. The Bertz CT molecular complexity index is 949. The van der Waals surface area contributed by atoms with E-state index in [9.17, 15) is 10.2 Å². The first-order chi connectivity index (χ1) is 16.0. The number of fused-ring (bicyclic) bond motifs is 5. The van der Waals surface area contributed by atoms with Crippen molar-refractivity contribution in [1.82, 2.24) is 9.78 Å². The minimum atomic E-state index is -0.836. The Morgan fingerprint density at radius 3 is 2.59 bits per heavy atom. The van der Waals surface area contributed by atoms with Crippen LogP contribution >= 0.6 is 0 Å². The highest BCUT2D eigenvalue weighted by atomic mass is 16.3. The molecule has 0 unspecified atom stereocenters. The molecule has 0 aromatic carbocycles. The molecule has 5 heteroatoms. The molecule has 0 amide bonds. The van der Waals surface area contributed by atoms with Gasteiger partial charge in [0.2, 0.25) is 0 Å². The maximum atomic E-state index is 11.7. The quantitative estimate of drug-likeness (QED) is 0.582. The topological polar surface area (TPSA) is 82.1 Å². The first kappa shape index (κ1) is 24.3. The summed E-state index contributed by atoms with van der Waals surface area (Å²) < 4.78 is 1.76. The summed E-state index contributed by atoms with van der Waals surface area (Å²) in [6.45, 7) is 9.68. The summed E-state index contributed by atoms with van der Waals surface area (Å²) in [7, 11) is 0. The van der Waals surface area contributed by atoms with Gasteiger partial charge >= 0.3 is 0 Å². The highest BCUT2D eigenvalue weighted by Gasteiger charge is 2.63. The molecule has 0 aliphatic heterocycles. The molecule has 1 aromatic heterocycles. The third-order valence-electron chi connectivity index (χ3n) is 11.5. The van der Waals surface area contributed by atoms with Crippen LogP contribution in [0.3, 0.4) is 0 Å². The van der Waals surface area contributed by atoms with Crippen LogP contribution in [0.25, 0.3) is 0 Å². The van der Waals surface area contributed by atoms with Gasteiger partial charge in [0.1, 0.15) is 6.07 Å². The fourth-order valence-electron chi connectivity index (χ4n) is 9.98. The fraction of sp³-hybridized carbons (Fsp3) is 0.862. The van der Waals surface area contributed by atoms with Crippen LogP contribution in [0, 0.1) is 51.8 Å². The van der Waals surface area contributed by atoms with Crippen molar-refractivity contribution in [3.63, 3.8) is 0 Å². The zero-order valence-electron chi connectivity index (χ0n) is 21.8. The van der Waals surface area contributed by atoms with Crippen LogP contribution in [-0.4, -0.2) is 31.2 Å². The van der Waals surface area contributed by atoms with E-state index in [1.165, 1.54) is 38.5 Å². The molecule has 1 aromatic rings. The Balaban J connectivity index is 1.34. The number of hydrogen-bond acceptors (Lipinski definition) is 4. The van der Waals surface area contributed by atoms with Crippen molar-refractivity contribution in [2.45, 2.75) is 116 Å². The smallest absolute Gasteiger partial charge is 0.102 e. The van der Waals surface area contributed by atoms with E-state index in [1.54, 1.807) is 17.1 Å². The molecule has 188 valence electrons. The zero-order valence-corrected chi connectivity index (χ0v) is 21.8. The van der Waals surface area contributed by atoms with E-state index < -0.39 is 11.2 Å². The molecule has 4 aliphatic rings. The van der Waals surface area contributed by atoms with Gasteiger partial charge in [-0.2, -0.15) is 10.4 Å². The molecule has 4 fully saturated rings. The standard InChI is InChI=1S/C29H45N3O2/c1-5-11-29(34)14-13-26(2)21(15-29)6-7-22-23-8-9-25(27(23,3)12-10-24(22)26)28(4,33)19-32-18-20(16-30)17-31-32/h17-18,21-25,33-34H,5-15,19H2,1-4H3/t21-,22-,23-,24-,25-,26-,27-,28+,29+/m0/s1. The minimum absolute atomic E-state index is 0.163. The third kappa shape index (κ3) is 3.75. The molecule has 0 spiro atoms. The average Bonchev–Trinajstić information content (AvgIpc) is 3.38. The number of rotatable bonds is 5. The van der Waals surface area contributed by atoms with Crippen LogP contribution in [0.1, 0.15) is 104 Å². The summed E-state index contributed by atoms with van der Waals surface area (Å²) in [6.07, 6.45) is 15.9. The molecule has 4 saturated carbocycles. The van der Waals surface area contributed by atoms with Gasteiger partial charge in [-0.05, 0) is 112 Å². The number of aromatic nitrogens is 2. The predicted octanol–water partition coefficient (Wildman–Crippen LogP) is 5.70. The van der Waals surface area contributed by atoms with Crippen LogP contribution in [0.5, 0.6) is 0 Å². The lowest BCUT2D eigenvalue weighted by Crippen LogP contribution is -2.57. The third-order valence-corrected chi connectivity index (χ3v) is 11.5. The van der Waals surface area contributed by atoms with Gasteiger partial charge in [-0.1, -0.05) is 27.2 Å². The summed E-state index contributed by atoms with van der Waals surface area (Å²) in [4.78, 5) is 0. The van der Waals surface area contributed by atoms with E-state index in [1.807, 2.05) is 6.92 Å². The van der Waals surface area contributed by atoms with Crippen molar-refractivity contribution in [3.05, 3.63) is 18.0 Å². The predicted molar refractivity (Wildman–Crippen MR) is 133 cm³/mol. The number of hydrogen-bond donors (Lipinski definition) is 2. The lowest BCUT2D eigenvalue weighted by atomic mass is 9.43. The molecule has 1 heterocycles. The van der Waals surface area contributed by atoms with Crippen LogP contribution in [0.2, 0.25) is 0 Å². The maximum Gasteiger partial charge on any atom is 0.102 e. The van der Waals surface area contributed by atoms with Crippen molar-refractivity contribution < 1.29 is 10.2 Å². The number of nitrogens with zero attached hydrogens (tertiary/aromatic N) is 3. The van der Waals surface area contributed by atoms with E-state index >= 15 is 0 Å². The molecule has 5 rings (SSSR count). The van der Waals surface area contributed by atoms with Gasteiger partial charge in [-0.25, -0.2) is 0 Å².